The fourth-order valence-corrected chi connectivity index (χ4v) is 5.10. The van der Waals surface area contributed by atoms with E-state index < -0.39 is 0 Å². The predicted octanol–water partition coefficient (Wildman–Crippen LogP) is 4.04. The maximum absolute atomic E-state index is 3.63. The van der Waals surface area contributed by atoms with Crippen LogP contribution in [0.1, 0.15) is 43.0 Å². The molecule has 3 rings (SSSR count). The molecule has 2 fully saturated rings. The van der Waals surface area contributed by atoms with Crippen molar-refractivity contribution in [2.75, 3.05) is 20.1 Å². The lowest BCUT2D eigenvalue weighted by Crippen LogP contribution is -2.37. The smallest absolute Gasteiger partial charge is 0.0485 e. The highest BCUT2D eigenvalue weighted by Crippen LogP contribution is 2.44. The average Bonchev–Trinajstić information content (AvgIpc) is 3.17. The van der Waals surface area contributed by atoms with E-state index in [4.69, 9.17) is 0 Å². The molecule has 1 saturated carbocycles. The molecule has 0 bridgehead atoms. The monoisotopic (exact) mass is 342 g/mol. The summed E-state index contributed by atoms with van der Waals surface area (Å²) in [5, 5.41) is 5.66. The van der Waals surface area contributed by atoms with E-state index in [2.05, 4.69) is 44.6 Å². The van der Waals surface area contributed by atoms with E-state index in [1.54, 1.807) is 4.88 Å². The van der Waals surface area contributed by atoms with E-state index in [9.17, 15) is 0 Å². The number of nitrogens with one attached hydrogen (secondary N) is 1. The van der Waals surface area contributed by atoms with Gasteiger partial charge >= 0.3 is 0 Å². The van der Waals surface area contributed by atoms with E-state index in [0.29, 0.717) is 6.04 Å². The van der Waals surface area contributed by atoms with Gasteiger partial charge in [-0.25, -0.2) is 0 Å². The third-order valence-electron chi connectivity index (χ3n) is 4.41. The van der Waals surface area contributed by atoms with Crippen molar-refractivity contribution in [3.63, 3.8) is 0 Å². The van der Waals surface area contributed by atoms with Crippen molar-refractivity contribution in [2.24, 2.45) is 5.92 Å². The average molecular weight is 343 g/mol. The summed E-state index contributed by atoms with van der Waals surface area (Å²) >= 11 is 5.55. The summed E-state index contributed by atoms with van der Waals surface area (Å²) < 4.78 is 1.25. The molecule has 2 nitrogen and oxygen atoms in total. The quantitative estimate of drug-likeness (QED) is 0.888. The van der Waals surface area contributed by atoms with Crippen LogP contribution in [0.3, 0.4) is 0 Å². The Bertz CT molecular complexity index is 416. The van der Waals surface area contributed by atoms with Crippen LogP contribution in [-0.2, 0) is 0 Å². The highest BCUT2D eigenvalue weighted by Gasteiger charge is 2.39. The first-order valence-corrected chi connectivity index (χ1v) is 9.11. The van der Waals surface area contributed by atoms with Crippen LogP contribution in [0.4, 0.5) is 0 Å². The molecule has 0 amide bonds. The van der Waals surface area contributed by atoms with Gasteiger partial charge in [0.25, 0.3) is 0 Å². The predicted molar refractivity (Wildman–Crippen MR) is 85.8 cm³/mol. The molecular weight excluding hydrogens is 320 g/mol. The molecule has 2 atom stereocenters. The van der Waals surface area contributed by atoms with Crippen LogP contribution in [0.25, 0.3) is 0 Å². The number of rotatable bonds is 4. The minimum atomic E-state index is 0.638. The van der Waals surface area contributed by atoms with Crippen LogP contribution in [0.2, 0.25) is 0 Å². The number of halogens is 1. The first kappa shape index (κ1) is 14.1. The largest absolute Gasteiger partial charge is 0.319 e. The molecule has 106 valence electrons. The third kappa shape index (κ3) is 3.23. The van der Waals surface area contributed by atoms with Gasteiger partial charge in [-0.2, -0.15) is 0 Å². The highest BCUT2D eigenvalue weighted by molar-refractivity contribution is 9.10. The Morgan fingerprint density at radius 3 is 2.84 bits per heavy atom. The number of hydrogen-bond donors (Lipinski definition) is 1. The number of hydrogen-bond acceptors (Lipinski definition) is 3. The highest BCUT2D eigenvalue weighted by atomic mass is 79.9. The minimum Gasteiger partial charge on any atom is -0.319 e. The lowest BCUT2D eigenvalue weighted by molar-refractivity contribution is 0.148. The van der Waals surface area contributed by atoms with Gasteiger partial charge in [-0.3, -0.25) is 4.90 Å². The Morgan fingerprint density at radius 2 is 2.21 bits per heavy atom. The van der Waals surface area contributed by atoms with Gasteiger partial charge < -0.3 is 5.32 Å². The van der Waals surface area contributed by atoms with Gasteiger partial charge in [-0.1, -0.05) is 6.42 Å². The zero-order chi connectivity index (χ0) is 13.2. The van der Waals surface area contributed by atoms with Gasteiger partial charge in [0.2, 0.25) is 0 Å². The van der Waals surface area contributed by atoms with Gasteiger partial charge in [-0.05, 0) is 73.7 Å². The van der Waals surface area contributed by atoms with E-state index >= 15 is 0 Å². The van der Waals surface area contributed by atoms with Crippen LogP contribution in [-0.4, -0.2) is 31.1 Å². The summed E-state index contributed by atoms with van der Waals surface area (Å²) in [6.07, 6.45) is 6.95. The Kier molecular flexibility index (Phi) is 4.62. The summed E-state index contributed by atoms with van der Waals surface area (Å²) in [6, 6.07) is 3.85. The number of nitrogens with zero attached hydrogens (tertiary/aromatic N) is 1. The first-order valence-electron chi connectivity index (χ1n) is 7.44. The van der Waals surface area contributed by atoms with Crippen molar-refractivity contribution in [2.45, 2.75) is 44.2 Å². The van der Waals surface area contributed by atoms with Gasteiger partial charge in [0.1, 0.15) is 0 Å². The summed E-state index contributed by atoms with van der Waals surface area (Å²) in [4.78, 5) is 4.37. The summed E-state index contributed by atoms with van der Waals surface area (Å²) in [6.45, 7) is 2.44. The zero-order valence-electron chi connectivity index (χ0n) is 11.6. The number of thiophene rings is 1. The Balaban J connectivity index is 1.88. The molecule has 0 radical (unpaired) electrons. The van der Waals surface area contributed by atoms with E-state index in [0.717, 1.165) is 18.5 Å². The van der Waals surface area contributed by atoms with Crippen LogP contribution in [0.15, 0.2) is 15.9 Å². The maximum Gasteiger partial charge on any atom is 0.0485 e. The van der Waals surface area contributed by atoms with Crippen LogP contribution < -0.4 is 5.32 Å². The van der Waals surface area contributed by atoms with Crippen molar-refractivity contribution in [3.05, 3.63) is 20.8 Å². The molecule has 1 N–H and O–H groups in total. The second-order valence-electron chi connectivity index (χ2n) is 5.89. The Morgan fingerprint density at radius 1 is 1.37 bits per heavy atom. The zero-order valence-corrected chi connectivity index (χ0v) is 14.0. The lowest BCUT2D eigenvalue weighted by Gasteiger charge is -2.34. The molecule has 2 unspecified atom stereocenters. The van der Waals surface area contributed by atoms with Gasteiger partial charge in [0.15, 0.2) is 0 Å². The summed E-state index contributed by atoms with van der Waals surface area (Å²) in [7, 11) is 2.09. The molecule has 1 aliphatic heterocycles. The summed E-state index contributed by atoms with van der Waals surface area (Å²) in [5.74, 6) is 0.763. The second kappa shape index (κ2) is 6.25. The molecule has 2 aliphatic rings. The van der Waals surface area contributed by atoms with Crippen molar-refractivity contribution in [1.29, 1.82) is 0 Å². The number of likely N-dealkylation sites (tertiary alicyclic amines) is 1. The van der Waals surface area contributed by atoms with E-state index in [-0.39, 0.29) is 0 Å². The van der Waals surface area contributed by atoms with E-state index in [1.807, 2.05) is 11.3 Å². The molecule has 1 aromatic rings. The molecule has 0 aromatic carbocycles. The second-order valence-corrected chi connectivity index (χ2v) is 7.75. The molecule has 4 heteroatoms. The van der Waals surface area contributed by atoms with Crippen molar-refractivity contribution < 1.29 is 0 Å². The van der Waals surface area contributed by atoms with Gasteiger partial charge in [0.05, 0.1) is 0 Å². The molecule has 19 heavy (non-hydrogen) atoms. The third-order valence-corrected chi connectivity index (χ3v) is 6.17. The maximum atomic E-state index is 3.63. The first-order chi connectivity index (χ1) is 9.29. The normalized spacial score (nSPS) is 29.4. The molecule has 1 saturated heterocycles. The van der Waals surface area contributed by atoms with Crippen LogP contribution in [0.5, 0.6) is 0 Å². The lowest BCUT2D eigenvalue weighted by atomic mass is 9.93. The van der Waals surface area contributed by atoms with E-state index in [1.165, 1.54) is 43.1 Å². The summed E-state index contributed by atoms with van der Waals surface area (Å²) in [5.41, 5.74) is 0. The molecule has 2 heterocycles. The van der Waals surface area contributed by atoms with Gasteiger partial charge in [-0.15, -0.1) is 11.3 Å². The van der Waals surface area contributed by atoms with Crippen molar-refractivity contribution in [1.82, 2.24) is 10.2 Å². The minimum absolute atomic E-state index is 0.638. The molecule has 1 aromatic heterocycles. The van der Waals surface area contributed by atoms with Crippen molar-refractivity contribution >= 4 is 27.3 Å². The Labute approximate surface area is 128 Å². The molecule has 0 spiro atoms. The SMILES string of the molecule is CNCC1CCCCN(C2CC2)C1c1cc(Br)cs1. The standard InChI is InChI=1S/C15H23BrN2S/c1-17-9-11-4-2-3-7-18(13-5-6-13)15(11)14-8-12(16)10-19-14/h8,10-11,13,15,17H,2-7,9H2,1H3. The topological polar surface area (TPSA) is 15.3 Å². The van der Waals surface area contributed by atoms with Crippen LogP contribution in [0, 0.1) is 5.92 Å². The fourth-order valence-electron chi connectivity index (χ4n) is 3.44. The fraction of sp³-hybridized carbons (Fsp3) is 0.733. The van der Waals surface area contributed by atoms with Gasteiger partial charge in [0, 0.05) is 26.8 Å². The molecule has 1 aliphatic carbocycles. The molecular formula is C15H23BrN2S. The van der Waals surface area contributed by atoms with Crippen molar-refractivity contribution in [3.8, 4) is 0 Å². The Hall–Kier alpha value is 0.1000. The van der Waals surface area contributed by atoms with Crippen LogP contribution >= 0.6 is 27.3 Å².